The molecule has 0 fully saturated rings. The molecular formula is C10H7NO2S. The van der Waals surface area contributed by atoms with Crippen LogP contribution in [0.3, 0.4) is 0 Å². The SMILES string of the molecule is O=Cc1csc(-c2cccc(O)c2)n1. The minimum Gasteiger partial charge on any atom is -0.508 e. The van der Waals surface area contributed by atoms with Gasteiger partial charge in [-0.15, -0.1) is 11.3 Å². The highest BCUT2D eigenvalue weighted by molar-refractivity contribution is 7.13. The van der Waals surface area contributed by atoms with Gasteiger partial charge in [0, 0.05) is 10.9 Å². The molecule has 1 heterocycles. The summed E-state index contributed by atoms with van der Waals surface area (Å²) in [6, 6.07) is 6.80. The van der Waals surface area contributed by atoms with Crippen LogP contribution in [0.4, 0.5) is 0 Å². The number of aromatic nitrogens is 1. The first-order chi connectivity index (χ1) is 6.79. The van der Waals surface area contributed by atoms with E-state index in [1.165, 1.54) is 11.3 Å². The Kier molecular flexibility index (Phi) is 2.28. The standard InChI is InChI=1S/C10H7NO2S/c12-5-8-6-14-10(11-8)7-2-1-3-9(13)4-7/h1-6,13H. The number of thiazole rings is 1. The van der Waals surface area contributed by atoms with Crippen molar-refractivity contribution in [3.63, 3.8) is 0 Å². The lowest BCUT2D eigenvalue weighted by Gasteiger charge is -1.95. The first-order valence-corrected chi connectivity index (χ1v) is 4.87. The Hall–Kier alpha value is -1.68. The van der Waals surface area contributed by atoms with Gasteiger partial charge in [-0.2, -0.15) is 0 Å². The fourth-order valence-corrected chi connectivity index (χ4v) is 1.87. The monoisotopic (exact) mass is 205 g/mol. The zero-order chi connectivity index (χ0) is 9.97. The molecule has 1 N–H and O–H groups in total. The van der Waals surface area contributed by atoms with Gasteiger partial charge in [-0.3, -0.25) is 4.79 Å². The number of benzene rings is 1. The molecule has 0 aliphatic heterocycles. The molecule has 0 saturated carbocycles. The summed E-state index contributed by atoms with van der Waals surface area (Å²) < 4.78 is 0. The highest BCUT2D eigenvalue weighted by Gasteiger charge is 2.03. The van der Waals surface area contributed by atoms with Gasteiger partial charge in [0.25, 0.3) is 0 Å². The van der Waals surface area contributed by atoms with Gasteiger partial charge in [0.1, 0.15) is 16.5 Å². The van der Waals surface area contributed by atoms with Gasteiger partial charge < -0.3 is 5.11 Å². The second-order valence-corrected chi connectivity index (χ2v) is 3.60. The van der Waals surface area contributed by atoms with Crippen molar-refractivity contribution in [3.8, 4) is 16.3 Å². The largest absolute Gasteiger partial charge is 0.508 e. The lowest BCUT2D eigenvalue weighted by atomic mass is 10.2. The Morgan fingerprint density at radius 2 is 2.29 bits per heavy atom. The van der Waals surface area contributed by atoms with Crippen LogP contribution in [0.5, 0.6) is 5.75 Å². The summed E-state index contributed by atoms with van der Waals surface area (Å²) in [5.41, 5.74) is 1.25. The Morgan fingerprint density at radius 1 is 1.43 bits per heavy atom. The number of aldehydes is 1. The smallest absolute Gasteiger partial charge is 0.169 e. The summed E-state index contributed by atoms with van der Waals surface area (Å²) in [5.74, 6) is 0.199. The first-order valence-electron chi connectivity index (χ1n) is 4.00. The predicted octanol–water partition coefficient (Wildman–Crippen LogP) is 2.33. The minimum absolute atomic E-state index is 0.199. The van der Waals surface area contributed by atoms with Crippen molar-refractivity contribution in [2.24, 2.45) is 0 Å². The van der Waals surface area contributed by atoms with Gasteiger partial charge in [-0.1, -0.05) is 12.1 Å². The molecule has 0 saturated heterocycles. The van der Waals surface area contributed by atoms with Crippen LogP contribution in [0, 0.1) is 0 Å². The molecule has 0 bridgehead atoms. The molecule has 14 heavy (non-hydrogen) atoms. The van der Waals surface area contributed by atoms with E-state index in [1.54, 1.807) is 23.6 Å². The van der Waals surface area contributed by atoms with Crippen LogP contribution in [0.2, 0.25) is 0 Å². The van der Waals surface area contributed by atoms with E-state index < -0.39 is 0 Å². The van der Waals surface area contributed by atoms with Crippen molar-refractivity contribution in [1.29, 1.82) is 0 Å². The van der Waals surface area contributed by atoms with Crippen LogP contribution in [-0.4, -0.2) is 16.4 Å². The highest BCUT2D eigenvalue weighted by atomic mass is 32.1. The van der Waals surface area contributed by atoms with E-state index >= 15 is 0 Å². The molecule has 0 amide bonds. The third-order valence-corrected chi connectivity index (χ3v) is 2.65. The number of hydrogen-bond acceptors (Lipinski definition) is 4. The molecule has 4 heteroatoms. The first kappa shape index (κ1) is 8.90. The van der Waals surface area contributed by atoms with E-state index in [9.17, 15) is 9.90 Å². The van der Waals surface area contributed by atoms with Crippen LogP contribution in [0.15, 0.2) is 29.6 Å². The molecule has 1 aromatic carbocycles. The molecular weight excluding hydrogens is 198 g/mol. The molecule has 0 unspecified atom stereocenters. The van der Waals surface area contributed by atoms with Gasteiger partial charge in [-0.05, 0) is 12.1 Å². The zero-order valence-electron chi connectivity index (χ0n) is 7.18. The van der Waals surface area contributed by atoms with Crippen LogP contribution in [0.1, 0.15) is 10.5 Å². The fraction of sp³-hybridized carbons (Fsp3) is 0. The Balaban J connectivity index is 2.43. The molecule has 0 spiro atoms. The summed E-state index contributed by atoms with van der Waals surface area (Å²) in [4.78, 5) is 14.5. The number of hydrogen-bond donors (Lipinski definition) is 1. The third kappa shape index (κ3) is 1.65. The molecule has 2 rings (SSSR count). The van der Waals surface area contributed by atoms with Crippen LogP contribution in [0.25, 0.3) is 10.6 Å². The molecule has 1 aromatic heterocycles. The Labute approximate surface area is 84.7 Å². The average molecular weight is 205 g/mol. The van der Waals surface area contributed by atoms with Crippen molar-refractivity contribution in [3.05, 3.63) is 35.3 Å². The van der Waals surface area contributed by atoms with Crippen LogP contribution in [-0.2, 0) is 0 Å². The second-order valence-electron chi connectivity index (χ2n) is 2.75. The van der Waals surface area contributed by atoms with E-state index in [-0.39, 0.29) is 5.75 Å². The van der Waals surface area contributed by atoms with Crippen molar-refractivity contribution < 1.29 is 9.90 Å². The molecule has 0 aliphatic carbocycles. The second kappa shape index (κ2) is 3.59. The maximum absolute atomic E-state index is 10.4. The molecule has 0 aliphatic rings. The highest BCUT2D eigenvalue weighted by Crippen LogP contribution is 2.25. The number of carbonyl (C=O) groups is 1. The zero-order valence-corrected chi connectivity index (χ0v) is 7.99. The maximum Gasteiger partial charge on any atom is 0.169 e. The normalized spacial score (nSPS) is 10.0. The van der Waals surface area contributed by atoms with E-state index in [0.717, 1.165) is 10.6 Å². The number of phenolic OH excluding ortho intramolecular Hbond substituents is 1. The van der Waals surface area contributed by atoms with E-state index in [0.29, 0.717) is 12.0 Å². The van der Waals surface area contributed by atoms with Gasteiger partial charge in [0.15, 0.2) is 6.29 Å². The van der Waals surface area contributed by atoms with Gasteiger partial charge >= 0.3 is 0 Å². The van der Waals surface area contributed by atoms with E-state index in [1.807, 2.05) is 6.07 Å². The van der Waals surface area contributed by atoms with E-state index in [2.05, 4.69) is 4.98 Å². The minimum atomic E-state index is 0.199. The summed E-state index contributed by atoms with van der Waals surface area (Å²) in [7, 11) is 0. The molecule has 3 nitrogen and oxygen atoms in total. The van der Waals surface area contributed by atoms with E-state index in [4.69, 9.17) is 0 Å². The Bertz CT molecular complexity index is 465. The lowest BCUT2D eigenvalue weighted by molar-refractivity contribution is 0.111. The number of rotatable bonds is 2. The number of nitrogens with zero attached hydrogens (tertiary/aromatic N) is 1. The summed E-state index contributed by atoms with van der Waals surface area (Å²) in [5, 5.41) is 11.7. The maximum atomic E-state index is 10.4. The third-order valence-electron chi connectivity index (χ3n) is 1.74. The topological polar surface area (TPSA) is 50.2 Å². The predicted molar refractivity (Wildman–Crippen MR) is 54.6 cm³/mol. The summed E-state index contributed by atoms with van der Waals surface area (Å²) >= 11 is 1.38. The van der Waals surface area contributed by atoms with Crippen molar-refractivity contribution in [2.45, 2.75) is 0 Å². The Morgan fingerprint density at radius 3 is 2.93 bits per heavy atom. The molecule has 70 valence electrons. The average Bonchev–Trinajstić information content (AvgIpc) is 2.66. The van der Waals surface area contributed by atoms with Crippen LogP contribution >= 0.6 is 11.3 Å². The number of phenols is 1. The summed E-state index contributed by atoms with van der Waals surface area (Å²) in [6.45, 7) is 0. The quantitative estimate of drug-likeness (QED) is 0.765. The molecule has 0 radical (unpaired) electrons. The fourth-order valence-electron chi connectivity index (χ4n) is 1.11. The lowest BCUT2D eigenvalue weighted by Crippen LogP contribution is -1.79. The van der Waals surface area contributed by atoms with Crippen molar-refractivity contribution in [2.75, 3.05) is 0 Å². The number of carbonyl (C=O) groups excluding carboxylic acids is 1. The van der Waals surface area contributed by atoms with Gasteiger partial charge in [0.2, 0.25) is 0 Å². The summed E-state index contributed by atoms with van der Waals surface area (Å²) in [6.07, 6.45) is 0.711. The van der Waals surface area contributed by atoms with Crippen molar-refractivity contribution >= 4 is 17.6 Å². The van der Waals surface area contributed by atoms with Crippen molar-refractivity contribution in [1.82, 2.24) is 4.98 Å². The molecule has 0 atom stereocenters. The van der Waals surface area contributed by atoms with Gasteiger partial charge in [-0.25, -0.2) is 4.98 Å². The van der Waals surface area contributed by atoms with Crippen LogP contribution < -0.4 is 0 Å². The number of aromatic hydroxyl groups is 1. The molecule has 2 aromatic rings. The van der Waals surface area contributed by atoms with Gasteiger partial charge in [0.05, 0.1) is 0 Å².